The molecule has 1 aromatic rings. The standard InChI is InChI=1S/C14H23N3OS.ClH/c1-10-17-11(9-19-10)5-8-16-13(18)12-14(2,3)6-4-7-15-12;/h9,12,15H,4-8H2,1-3H3,(H,16,18);1H. The number of nitrogens with one attached hydrogen (secondary N) is 2. The van der Waals surface area contributed by atoms with Crippen molar-refractivity contribution in [3.05, 3.63) is 16.1 Å². The fourth-order valence-corrected chi connectivity index (χ4v) is 3.24. The maximum atomic E-state index is 12.2. The van der Waals surface area contributed by atoms with Crippen LogP contribution < -0.4 is 10.6 Å². The molecule has 2 rings (SSSR count). The first-order valence-electron chi connectivity index (χ1n) is 6.91. The van der Waals surface area contributed by atoms with Gasteiger partial charge >= 0.3 is 0 Å². The van der Waals surface area contributed by atoms with Gasteiger partial charge in [0.1, 0.15) is 0 Å². The van der Waals surface area contributed by atoms with Crippen molar-refractivity contribution in [2.75, 3.05) is 13.1 Å². The van der Waals surface area contributed by atoms with Gasteiger partial charge in [0.2, 0.25) is 5.91 Å². The van der Waals surface area contributed by atoms with Crippen molar-refractivity contribution in [2.45, 2.75) is 46.1 Å². The van der Waals surface area contributed by atoms with Gasteiger partial charge in [-0.15, -0.1) is 23.7 Å². The number of hydrogen-bond acceptors (Lipinski definition) is 4. The lowest BCUT2D eigenvalue weighted by atomic mass is 9.77. The van der Waals surface area contributed by atoms with E-state index in [1.807, 2.05) is 6.92 Å². The number of hydrogen-bond donors (Lipinski definition) is 2. The van der Waals surface area contributed by atoms with Gasteiger partial charge in [0.15, 0.2) is 0 Å². The van der Waals surface area contributed by atoms with Gasteiger partial charge in [-0.2, -0.15) is 0 Å². The zero-order chi connectivity index (χ0) is 13.9. The molecule has 114 valence electrons. The average molecular weight is 318 g/mol. The zero-order valence-electron chi connectivity index (χ0n) is 12.4. The number of halogens is 1. The molecule has 0 aliphatic carbocycles. The van der Waals surface area contributed by atoms with Crippen LogP contribution in [0.5, 0.6) is 0 Å². The first kappa shape index (κ1) is 17.4. The van der Waals surface area contributed by atoms with E-state index in [4.69, 9.17) is 0 Å². The molecule has 0 bridgehead atoms. The summed E-state index contributed by atoms with van der Waals surface area (Å²) in [6, 6.07) is -0.0709. The van der Waals surface area contributed by atoms with Gasteiger partial charge in [0.25, 0.3) is 0 Å². The topological polar surface area (TPSA) is 54.0 Å². The Bertz CT molecular complexity index is 447. The third kappa shape index (κ3) is 4.43. The molecule has 0 radical (unpaired) electrons. The summed E-state index contributed by atoms with van der Waals surface area (Å²) in [6.45, 7) is 7.92. The summed E-state index contributed by atoms with van der Waals surface area (Å²) in [5.74, 6) is 0.122. The van der Waals surface area contributed by atoms with Crippen LogP contribution in [-0.2, 0) is 11.2 Å². The Balaban J connectivity index is 0.00000200. The molecule has 1 atom stereocenters. The van der Waals surface area contributed by atoms with E-state index >= 15 is 0 Å². The maximum Gasteiger partial charge on any atom is 0.237 e. The van der Waals surface area contributed by atoms with Crippen LogP contribution in [0.3, 0.4) is 0 Å². The van der Waals surface area contributed by atoms with Crippen molar-refractivity contribution >= 4 is 29.7 Å². The van der Waals surface area contributed by atoms with Crippen LogP contribution in [0, 0.1) is 12.3 Å². The zero-order valence-corrected chi connectivity index (χ0v) is 14.0. The molecule has 0 spiro atoms. The Morgan fingerprint density at radius 3 is 2.95 bits per heavy atom. The Morgan fingerprint density at radius 1 is 1.60 bits per heavy atom. The van der Waals surface area contributed by atoms with Gasteiger partial charge in [-0.05, 0) is 31.7 Å². The molecule has 1 amide bonds. The minimum atomic E-state index is -0.0709. The average Bonchev–Trinajstić information content (AvgIpc) is 2.74. The van der Waals surface area contributed by atoms with E-state index in [0.717, 1.165) is 36.5 Å². The van der Waals surface area contributed by atoms with E-state index in [1.54, 1.807) is 11.3 Å². The van der Waals surface area contributed by atoms with Crippen molar-refractivity contribution in [1.29, 1.82) is 0 Å². The molecule has 4 nitrogen and oxygen atoms in total. The van der Waals surface area contributed by atoms with E-state index in [1.165, 1.54) is 0 Å². The molecular weight excluding hydrogens is 294 g/mol. The number of piperidine rings is 1. The van der Waals surface area contributed by atoms with E-state index in [0.29, 0.717) is 6.54 Å². The van der Waals surface area contributed by atoms with Crippen molar-refractivity contribution in [3.63, 3.8) is 0 Å². The highest BCUT2D eigenvalue weighted by Gasteiger charge is 2.36. The van der Waals surface area contributed by atoms with Gasteiger partial charge < -0.3 is 10.6 Å². The highest BCUT2D eigenvalue weighted by atomic mass is 35.5. The molecule has 2 N–H and O–H groups in total. The van der Waals surface area contributed by atoms with E-state index in [9.17, 15) is 4.79 Å². The predicted molar refractivity (Wildman–Crippen MR) is 85.6 cm³/mol. The minimum Gasteiger partial charge on any atom is -0.354 e. The Morgan fingerprint density at radius 2 is 2.35 bits per heavy atom. The van der Waals surface area contributed by atoms with Crippen LogP contribution in [0.2, 0.25) is 0 Å². The van der Waals surface area contributed by atoms with E-state index < -0.39 is 0 Å². The van der Waals surface area contributed by atoms with Crippen LogP contribution in [0.4, 0.5) is 0 Å². The van der Waals surface area contributed by atoms with Crippen LogP contribution in [0.1, 0.15) is 37.4 Å². The number of rotatable bonds is 4. The Kier molecular flexibility index (Phi) is 6.43. The third-order valence-electron chi connectivity index (χ3n) is 3.74. The second kappa shape index (κ2) is 7.38. The lowest BCUT2D eigenvalue weighted by Gasteiger charge is -2.38. The van der Waals surface area contributed by atoms with E-state index in [-0.39, 0.29) is 29.8 Å². The number of aromatic nitrogens is 1. The molecule has 20 heavy (non-hydrogen) atoms. The Hall–Kier alpha value is -0.650. The highest BCUT2D eigenvalue weighted by molar-refractivity contribution is 7.09. The van der Waals surface area contributed by atoms with Gasteiger partial charge in [0, 0.05) is 18.3 Å². The second-order valence-corrected chi connectivity index (χ2v) is 6.94. The van der Waals surface area contributed by atoms with Crippen molar-refractivity contribution in [2.24, 2.45) is 5.41 Å². The van der Waals surface area contributed by atoms with Gasteiger partial charge in [-0.25, -0.2) is 4.98 Å². The first-order chi connectivity index (χ1) is 8.99. The number of carbonyl (C=O) groups is 1. The normalized spacial score (nSPS) is 21.1. The molecular formula is C14H24ClN3OS. The highest BCUT2D eigenvalue weighted by Crippen LogP contribution is 2.30. The van der Waals surface area contributed by atoms with Gasteiger partial charge in [-0.1, -0.05) is 13.8 Å². The molecule has 0 saturated carbocycles. The summed E-state index contributed by atoms with van der Waals surface area (Å²) in [7, 11) is 0. The molecule has 1 fully saturated rings. The molecule has 1 unspecified atom stereocenters. The molecule has 6 heteroatoms. The lowest BCUT2D eigenvalue weighted by Crippen LogP contribution is -2.55. The maximum absolute atomic E-state index is 12.2. The number of nitrogens with zero attached hydrogens (tertiary/aromatic N) is 1. The summed E-state index contributed by atoms with van der Waals surface area (Å²) in [5, 5.41) is 9.51. The molecule has 1 aliphatic rings. The first-order valence-corrected chi connectivity index (χ1v) is 7.79. The predicted octanol–water partition coefficient (Wildman–Crippen LogP) is 2.31. The molecule has 1 aromatic heterocycles. The largest absolute Gasteiger partial charge is 0.354 e. The lowest BCUT2D eigenvalue weighted by molar-refractivity contribution is -0.126. The van der Waals surface area contributed by atoms with Crippen LogP contribution in [-0.4, -0.2) is 30.0 Å². The molecule has 1 saturated heterocycles. The fraction of sp³-hybridized carbons (Fsp3) is 0.714. The van der Waals surface area contributed by atoms with Crippen LogP contribution in [0.25, 0.3) is 0 Å². The van der Waals surface area contributed by atoms with Crippen molar-refractivity contribution in [1.82, 2.24) is 15.6 Å². The van der Waals surface area contributed by atoms with Crippen molar-refractivity contribution < 1.29 is 4.79 Å². The summed E-state index contributed by atoms with van der Waals surface area (Å²) in [5.41, 5.74) is 1.11. The summed E-state index contributed by atoms with van der Waals surface area (Å²) >= 11 is 1.65. The number of thiazole rings is 1. The monoisotopic (exact) mass is 317 g/mol. The SMILES string of the molecule is Cc1nc(CCNC(=O)C2NCCCC2(C)C)cs1.Cl. The fourth-order valence-electron chi connectivity index (χ4n) is 2.60. The summed E-state index contributed by atoms with van der Waals surface area (Å²) < 4.78 is 0. The Labute approximate surface area is 131 Å². The van der Waals surface area contributed by atoms with Gasteiger partial charge in [0.05, 0.1) is 16.7 Å². The number of amides is 1. The van der Waals surface area contributed by atoms with Crippen molar-refractivity contribution in [3.8, 4) is 0 Å². The number of carbonyl (C=O) groups excluding carboxylic acids is 1. The molecule has 2 heterocycles. The molecule has 1 aliphatic heterocycles. The van der Waals surface area contributed by atoms with E-state index in [2.05, 4.69) is 34.8 Å². The van der Waals surface area contributed by atoms with Gasteiger partial charge in [-0.3, -0.25) is 4.79 Å². The summed E-state index contributed by atoms with van der Waals surface area (Å²) in [6.07, 6.45) is 3.06. The molecule has 0 aromatic carbocycles. The van der Waals surface area contributed by atoms with Crippen LogP contribution >= 0.6 is 23.7 Å². The second-order valence-electron chi connectivity index (χ2n) is 5.88. The van der Waals surface area contributed by atoms with Crippen LogP contribution in [0.15, 0.2) is 5.38 Å². The minimum absolute atomic E-state index is 0. The quantitative estimate of drug-likeness (QED) is 0.896. The third-order valence-corrected chi connectivity index (χ3v) is 4.56. The smallest absolute Gasteiger partial charge is 0.237 e. The summed E-state index contributed by atoms with van der Waals surface area (Å²) in [4.78, 5) is 16.6. The number of aryl methyl sites for hydroxylation is 1.